The van der Waals surface area contributed by atoms with Crippen LogP contribution < -0.4 is 10.1 Å². The molecular formula is C23H24ClN3OS. The minimum Gasteiger partial charge on any atom is -0.494 e. The van der Waals surface area contributed by atoms with Crippen LogP contribution in [0, 0.1) is 6.92 Å². The second-order valence-electron chi connectivity index (χ2n) is 6.65. The minimum absolute atomic E-state index is 0. The average molecular weight is 426 g/mol. The van der Waals surface area contributed by atoms with Crippen molar-refractivity contribution in [2.45, 2.75) is 26.7 Å². The van der Waals surface area contributed by atoms with E-state index in [9.17, 15) is 0 Å². The number of aryl methyl sites for hydroxylation is 1. The Balaban J connectivity index is 0.00000240. The van der Waals surface area contributed by atoms with Crippen molar-refractivity contribution in [3.05, 3.63) is 65.8 Å². The van der Waals surface area contributed by atoms with Gasteiger partial charge in [-0.15, -0.1) is 23.7 Å². The molecule has 0 atom stereocenters. The predicted molar refractivity (Wildman–Crippen MR) is 125 cm³/mol. The third kappa shape index (κ3) is 4.69. The summed E-state index contributed by atoms with van der Waals surface area (Å²) in [5, 5.41) is 4.53. The molecule has 0 fully saturated rings. The van der Waals surface area contributed by atoms with E-state index >= 15 is 0 Å². The van der Waals surface area contributed by atoms with E-state index in [-0.39, 0.29) is 12.4 Å². The van der Waals surface area contributed by atoms with Gasteiger partial charge in [-0.1, -0.05) is 43.7 Å². The number of hydrogen-bond donors (Lipinski definition) is 1. The Morgan fingerprint density at radius 1 is 1.00 bits per heavy atom. The quantitative estimate of drug-likeness (QED) is 0.323. The van der Waals surface area contributed by atoms with Crippen molar-refractivity contribution < 1.29 is 4.74 Å². The van der Waals surface area contributed by atoms with Crippen molar-refractivity contribution in [1.29, 1.82) is 0 Å². The Bertz CT molecular complexity index is 1060. The van der Waals surface area contributed by atoms with Crippen molar-refractivity contribution in [2.75, 3.05) is 11.9 Å². The van der Waals surface area contributed by atoms with Gasteiger partial charge in [-0.05, 0) is 43.2 Å². The van der Waals surface area contributed by atoms with Gasteiger partial charge in [0.25, 0.3) is 0 Å². The zero-order valence-corrected chi connectivity index (χ0v) is 18.1. The van der Waals surface area contributed by atoms with Crippen molar-refractivity contribution >= 4 is 45.5 Å². The second kappa shape index (κ2) is 9.72. The number of benzene rings is 2. The van der Waals surface area contributed by atoms with Gasteiger partial charge in [0.1, 0.15) is 22.7 Å². The molecule has 4 nitrogen and oxygen atoms in total. The molecule has 0 aliphatic carbocycles. The van der Waals surface area contributed by atoms with Crippen LogP contribution in [0.25, 0.3) is 21.3 Å². The highest BCUT2D eigenvalue weighted by Gasteiger charge is 2.16. The molecule has 1 N–H and O–H groups in total. The summed E-state index contributed by atoms with van der Waals surface area (Å²) < 4.78 is 5.75. The van der Waals surface area contributed by atoms with Crippen LogP contribution in [0.15, 0.2) is 60.9 Å². The lowest BCUT2D eigenvalue weighted by Crippen LogP contribution is -1.98. The predicted octanol–water partition coefficient (Wildman–Crippen LogP) is 7.01. The molecule has 2 aromatic heterocycles. The van der Waals surface area contributed by atoms with Crippen LogP contribution >= 0.6 is 23.7 Å². The molecule has 0 aliphatic heterocycles. The summed E-state index contributed by atoms with van der Waals surface area (Å²) in [5.41, 5.74) is 3.36. The zero-order chi connectivity index (χ0) is 19.3. The maximum absolute atomic E-state index is 5.75. The third-order valence-electron chi connectivity index (χ3n) is 4.61. The number of ether oxygens (including phenoxy) is 1. The summed E-state index contributed by atoms with van der Waals surface area (Å²) >= 11 is 1.70. The van der Waals surface area contributed by atoms with Gasteiger partial charge in [0.15, 0.2) is 0 Å². The normalized spacial score (nSPS) is 10.6. The maximum Gasteiger partial charge on any atom is 0.143 e. The fraction of sp³-hybridized carbons (Fsp3) is 0.217. The molecule has 0 amide bonds. The van der Waals surface area contributed by atoms with Crippen LogP contribution in [0.4, 0.5) is 11.5 Å². The number of unbranched alkanes of at least 4 members (excludes halogenated alkanes) is 1. The van der Waals surface area contributed by atoms with Crippen molar-refractivity contribution in [1.82, 2.24) is 9.97 Å². The van der Waals surface area contributed by atoms with Gasteiger partial charge in [-0.25, -0.2) is 9.97 Å². The summed E-state index contributed by atoms with van der Waals surface area (Å²) in [6, 6.07) is 18.5. The fourth-order valence-electron chi connectivity index (χ4n) is 3.20. The highest BCUT2D eigenvalue weighted by Crippen LogP contribution is 2.40. The Morgan fingerprint density at radius 2 is 1.76 bits per heavy atom. The van der Waals surface area contributed by atoms with Crippen molar-refractivity contribution in [2.24, 2.45) is 0 Å². The van der Waals surface area contributed by atoms with Crippen LogP contribution in [0.2, 0.25) is 0 Å². The SMILES string of the molecule is CCCCOc1ccc(Nc2ncnc3sc(C)c(-c4ccccc4)c23)cc1.Cl. The average Bonchev–Trinajstić information content (AvgIpc) is 3.07. The molecule has 2 heterocycles. The number of anilines is 2. The smallest absolute Gasteiger partial charge is 0.143 e. The molecule has 4 aromatic rings. The molecule has 150 valence electrons. The molecule has 0 radical (unpaired) electrons. The maximum atomic E-state index is 5.75. The molecule has 2 aromatic carbocycles. The van der Waals surface area contributed by atoms with Gasteiger partial charge in [-0.3, -0.25) is 0 Å². The van der Waals surface area contributed by atoms with E-state index in [1.807, 2.05) is 30.3 Å². The number of thiophene rings is 1. The lowest BCUT2D eigenvalue weighted by molar-refractivity contribution is 0.309. The standard InChI is InChI=1S/C23H23N3OS.ClH/c1-3-4-14-27-19-12-10-18(11-13-19)26-22-21-20(17-8-6-5-7-9-17)16(2)28-23(21)25-15-24-22;/h5-13,15H,3-4,14H2,1-2H3,(H,24,25,26);1H. The molecule has 0 aliphatic rings. The molecule has 0 saturated carbocycles. The lowest BCUT2D eigenvalue weighted by atomic mass is 10.0. The molecular weight excluding hydrogens is 402 g/mol. The first-order chi connectivity index (χ1) is 13.8. The summed E-state index contributed by atoms with van der Waals surface area (Å²) in [6.07, 6.45) is 3.82. The number of nitrogens with zero attached hydrogens (tertiary/aromatic N) is 2. The Labute approximate surface area is 181 Å². The molecule has 0 unspecified atom stereocenters. The van der Waals surface area contributed by atoms with Gasteiger partial charge in [0.05, 0.1) is 12.0 Å². The van der Waals surface area contributed by atoms with Crippen LogP contribution in [0.1, 0.15) is 24.6 Å². The Kier molecular flexibility index (Phi) is 7.07. The molecule has 29 heavy (non-hydrogen) atoms. The number of rotatable bonds is 7. The van der Waals surface area contributed by atoms with Gasteiger partial charge in [0, 0.05) is 16.1 Å². The molecule has 6 heteroatoms. The Hall–Kier alpha value is -2.63. The lowest BCUT2D eigenvalue weighted by Gasteiger charge is -2.10. The summed E-state index contributed by atoms with van der Waals surface area (Å²) in [4.78, 5) is 11.3. The van der Waals surface area contributed by atoms with Crippen molar-refractivity contribution in [3.63, 3.8) is 0 Å². The number of fused-ring (bicyclic) bond motifs is 1. The second-order valence-corrected chi connectivity index (χ2v) is 7.86. The van der Waals surface area contributed by atoms with E-state index in [0.717, 1.165) is 46.9 Å². The van der Waals surface area contributed by atoms with Gasteiger partial charge < -0.3 is 10.1 Å². The first-order valence-corrected chi connectivity index (χ1v) is 10.4. The fourth-order valence-corrected chi connectivity index (χ4v) is 4.21. The first-order valence-electron chi connectivity index (χ1n) is 9.55. The van der Waals surface area contributed by atoms with Crippen LogP contribution in [-0.4, -0.2) is 16.6 Å². The summed E-state index contributed by atoms with van der Waals surface area (Å²) in [6.45, 7) is 5.06. The monoisotopic (exact) mass is 425 g/mol. The van der Waals surface area contributed by atoms with Gasteiger partial charge in [-0.2, -0.15) is 0 Å². The highest BCUT2D eigenvalue weighted by molar-refractivity contribution is 7.19. The van der Waals surface area contributed by atoms with E-state index in [1.54, 1.807) is 17.7 Å². The number of halogens is 1. The largest absolute Gasteiger partial charge is 0.494 e. The van der Waals surface area contributed by atoms with E-state index in [2.05, 4.69) is 53.4 Å². The number of hydrogen-bond acceptors (Lipinski definition) is 5. The van der Waals surface area contributed by atoms with Gasteiger partial charge in [0.2, 0.25) is 0 Å². The van der Waals surface area contributed by atoms with Crippen LogP contribution in [0.3, 0.4) is 0 Å². The van der Waals surface area contributed by atoms with E-state index < -0.39 is 0 Å². The third-order valence-corrected chi connectivity index (χ3v) is 5.62. The highest BCUT2D eigenvalue weighted by atomic mass is 35.5. The topological polar surface area (TPSA) is 47.0 Å². The van der Waals surface area contributed by atoms with Crippen LogP contribution in [-0.2, 0) is 0 Å². The van der Waals surface area contributed by atoms with E-state index in [0.29, 0.717) is 0 Å². The minimum atomic E-state index is 0. The molecule has 0 saturated heterocycles. The number of aromatic nitrogens is 2. The molecule has 0 bridgehead atoms. The summed E-state index contributed by atoms with van der Waals surface area (Å²) in [5.74, 6) is 1.72. The van der Waals surface area contributed by atoms with E-state index in [1.165, 1.54) is 16.0 Å². The van der Waals surface area contributed by atoms with Crippen molar-refractivity contribution in [3.8, 4) is 16.9 Å². The first kappa shape index (κ1) is 21.1. The summed E-state index contributed by atoms with van der Waals surface area (Å²) in [7, 11) is 0. The zero-order valence-electron chi connectivity index (χ0n) is 16.5. The van der Waals surface area contributed by atoms with Gasteiger partial charge >= 0.3 is 0 Å². The molecule has 4 rings (SSSR count). The number of nitrogens with one attached hydrogen (secondary N) is 1. The van der Waals surface area contributed by atoms with E-state index in [4.69, 9.17) is 4.74 Å². The Morgan fingerprint density at radius 3 is 2.48 bits per heavy atom. The van der Waals surface area contributed by atoms with Crippen LogP contribution in [0.5, 0.6) is 5.75 Å². The molecule has 0 spiro atoms.